The minimum atomic E-state index is -0.505. The maximum absolute atomic E-state index is 12.8. The van der Waals surface area contributed by atoms with Crippen LogP contribution in [0.5, 0.6) is 5.75 Å². The highest BCUT2D eigenvalue weighted by Gasteiger charge is 2.33. The molecule has 1 atom stereocenters. The number of methoxy groups -OCH3 is 1. The van der Waals surface area contributed by atoms with E-state index in [2.05, 4.69) is 10.3 Å². The topological polar surface area (TPSA) is 79.7 Å². The van der Waals surface area contributed by atoms with E-state index in [4.69, 9.17) is 4.74 Å². The van der Waals surface area contributed by atoms with Crippen LogP contribution in [0.15, 0.2) is 36.7 Å². The van der Waals surface area contributed by atoms with E-state index in [1.807, 2.05) is 47.0 Å². The van der Waals surface area contributed by atoms with Gasteiger partial charge < -0.3 is 19.5 Å². The van der Waals surface area contributed by atoms with Crippen LogP contribution in [0.1, 0.15) is 17.8 Å². The molecule has 0 unspecified atom stereocenters. The molecular formula is C20H27N5O3. The minimum absolute atomic E-state index is 0.0879. The predicted molar refractivity (Wildman–Crippen MR) is 105 cm³/mol. The van der Waals surface area contributed by atoms with Crippen molar-refractivity contribution < 1.29 is 14.3 Å². The van der Waals surface area contributed by atoms with Gasteiger partial charge in [-0.3, -0.25) is 14.5 Å². The highest BCUT2D eigenvalue weighted by atomic mass is 16.5. The summed E-state index contributed by atoms with van der Waals surface area (Å²) >= 11 is 0. The minimum Gasteiger partial charge on any atom is -0.496 e. The normalized spacial score (nSPS) is 17.2. The van der Waals surface area contributed by atoms with Crippen LogP contribution >= 0.6 is 0 Å². The van der Waals surface area contributed by atoms with E-state index in [-0.39, 0.29) is 18.2 Å². The number of aromatic nitrogens is 2. The molecule has 0 saturated carbocycles. The number of amides is 2. The average molecular weight is 385 g/mol. The molecule has 2 amide bonds. The second kappa shape index (κ2) is 8.88. The first-order chi connectivity index (χ1) is 13.5. The first-order valence-corrected chi connectivity index (χ1v) is 9.33. The molecule has 0 spiro atoms. The van der Waals surface area contributed by atoms with Crippen molar-refractivity contribution >= 4 is 11.8 Å². The maximum atomic E-state index is 12.8. The van der Waals surface area contributed by atoms with Gasteiger partial charge in [-0.05, 0) is 6.07 Å². The van der Waals surface area contributed by atoms with Crippen molar-refractivity contribution in [3.8, 4) is 5.75 Å². The number of nitrogens with zero attached hydrogens (tertiary/aromatic N) is 4. The number of nitrogens with one attached hydrogen (secondary N) is 1. The first kappa shape index (κ1) is 19.9. The Morgan fingerprint density at radius 1 is 1.39 bits per heavy atom. The van der Waals surface area contributed by atoms with Crippen molar-refractivity contribution in [1.29, 1.82) is 0 Å². The Morgan fingerprint density at radius 3 is 2.89 bits per heavy atom. The van der Waals surface area contributed by atoms with Crippen molar-refractivity contribution in [2.45, 2.75) is 25.6 Å². The van der Waals surface area contributed by atoms with E-state index < -0.39 is 6.04 Å². The molecule has 0 radical (unpaired) electrons. The van der Waals surface area contributed by atoms with Gasteiger partial charge in [0.05, 0.1) is 26.1 Å². The Bertz CT molecular complexity index is 835. The Kier molecular flexibility index (Phi) is 6.30. The van der Waals surface area contributed by atoms with Gasteiger partial charge in [-0.25, -0.2) is 4.98 Å². The van der Waals surface area contributed by atoms with Crippen molar-refractivity contribution in [2.75, 3.05) is 27.2 Å². The number of rotatable bonds is 7. The third-order valence-electron chi connectivity index (χ3n) is 5.10. The summed E-state index contributed by atoms with van der Waals surface area (Å²) in [7, 11) is 5.27. The summed E-state index contributed by atoms with van der Waals surface area (Å²) in [6.07, 6.45) is 3.68. The summed E-state index contributed by atoms with van der Waals surface area (Å²) in [6, 6.07) is 7.24. The summed E-state index contributed by atoms with van der Waals surface area (Å²) in [5.41, 5.74) is 0.999. The molecule has 28 heavy (non-hydrogen) atoms. The third kappa shape index (κ3) is 4.51. The molecule has 8 nitrogen and oxygen atoms in total. The number of hydrogen-bond donors (Lipinski definition) is 1. The van der Waals surface area contributed by atoms with E-state index in [0.717, 1.165) is 17.1 Å². The molecule has 0 bridgehead atoms. The number of hydrogen-bond acceptors (Lipinski definition) is 5. The van der Waals surface area contributed by atoms with Crippen molar-refractivity contribution in [3.63, 3.8) is 0 Å². The van der Waals surface area contributed by atoms with E-state index in [9.17, 15) is 9.59 Å². The fourth-order valence-corrected chi connectivity index (χ4v) is 3.40. The zero-order chi connectivity index (χ0) is 20.1. The molecule has 1 aromatic carbocycles. The molecule has 150 valence electrons. The number of para-hydroxylation sites is 1. The molecule has 0 aliphatic carbocycles. The van der Waals surface area contributed by atoms with Crippen molar-refractivity contribution in [3.05, 3.63) is 48.0 Å². The lowest BCUT2D eigenvalue weighted by molar-refractivity contribution is -0.138. The van der Waals surface area contributed by atoms with Gasteiger partial charge in [0.15, 0.2) is 0 Å². The van der Waals surface area contributed by atoms with Crippen LogP contribution in [-0.2, 0) is 29.7 Å². The fourth-order valence-electron chi connectivity index (χ4n) is 3.40. The molecule has 3 rings (SSSR count). The fraction of sp³-hybridized carbons (Fsp3) is 0.450. The van der Waals surface area contributed by atoms with Crippen molar-refractivity contribution in [1.82, 2.24) is 24.7 Å². The van der Waals surface area contributed by atoms with Gasteiger partial charge in [0.25, 0.3) is 0 Å². The summed E-state index contributed by atoms with van der Waals surface area (Å²) in [6.45, 7) is 2.22. The van der Waals surface area contributed by atoms with Gasteiger partial charge in [-0.1, -0.05) is 18.2 Å². The number of aryl methyl sites for hydroxylation is 1. The molecule has 1 saturated heterocycles. The number of ether oxygens (including phenoxy) is 1. The Hall–Kier alpha value is -2.87. The lowest BCUT2D eigenvalue weighted by Gasteiger charge is -2.35. The number of imidazole rings is 1. The van der Waals surface area contributed by atoms with Gasteiger partial charge in [-0.2, -0.15) is 0 Å². The predicted octanol–water partition coefficient (Wildman–Crippen LogP) is 0.778. The van der Waals surface area contributed by atoms with E-state index in [1.54, 1.807) is 25.3 Å². The molecule has 8 heteroatoms. The Morgan fingerprint density at radius 2 is 2.18 bits per heavy atom. The summed E-state index contributed by atoms with van der Waals surface area (Å²) in [5.74, 6) is 1.38. The highest BCUT2D eigenvalue weighted by Crippen LogP contribution is 2.22. The lowest BCUT2D eigenvalue weighted by Crippen LogP contribution is -2.56. The number of benzene rings is 1. The molecule has 2 aromatic rings. The standard InChI is InChI=1S/C20H27N5O3/c1-23-10-8-21-18(23)14-24(2)19(26)12-16-20(27)22-9-11-25(16)13-15-6-4-5-7-17(15)28-3/h4-8,10,16H,9,11-14H2,1-3H3,(H,22,27)/t16-/m0/s1. The van der Waals surface area contributed by atoms with Gasteiger partial charge in [0.2, 0.25) is 11.8 Å². The van der Waals surface area contributed by atoms with E-state index in [1.165, 1.54) is 0 Å². The summed E-state index contributed by atoms with van der Waals surface area (Å²) in [5, 5.41) is 2.88. The quantitative estimate of drug-likeness (QED) is 0.762. The first-order valence-electron chi connectivity index (χ1n) is 9.33. The smallest absolute Gasteiger partial charge is 0.237 e. The van der Waals surface area contributed by atoms with E-state index >= 15 is 0 Å². The molecule has 2 heterocycles. The third-order valence-corrected chi connectivity index (χ3v) is 5.10. The molecule has 1 aliphatic rings. The zero-order valence-corrected chi connectivity index (χ0v) is 16.6. The molecule has 1 aliphatic heterocycles. The van der Waals surface area contributed by atoms with Crippen LogP contribution in [0, 0.1) is 0 Å². The summed E-state index contributed by atoms with van der Waals surface area (Å²) in [4.78, 5) is 33.2. The van der Waals surface area contributed by atoms with Crippen LogP contribution in [0.3, 0.4) is 0 Å². The number of carbonyl (C=O) groups excluding carboxylic acids is 2. The van der Waals surface area contributed by atoms with Crippen LogP contribution < -0.4 is 10.1 Å². The summed E-state index contributed by atoms with van der Waals surface area (Å²) < 4.78 is 7.31. The van der Waals surface area contributed by atoms with Crippen LogP contribution in [0.4, 0.5) is 0 Å². The molecule has 1 N–H and O–H groups in total. The molecule has 1 fully saturated rings. The van der Waals surface area contributed by atoms with Crippen LogP contribution in [-0.4, -0.2) is 64.5 Å². The van der Waals surface area contributed by atoms with Crippen molar-refractivity contribution in [2.24, 2.45) is 7.05 Å². The average Bonchev–Trinajstić information content (AvgIpc) is 3.09. The maximum Gasteiger partial charge on any atom is 0.237 e. The Labute approximate surface area is 165 Å². The molecule has 1 aromatic heterocycles. The van der Waals surface area contributed by atoms with Gasteiger partial charge in [-0.15, -0.1) is 0 Å². The highest BCUT2D eigenvalue weighted by molar-refractivity contribution is 5.88. The molecular weight excluding hydrogens is 358 g/mol. The SMILES string of the molecule is COc1ccccc1CN1CCNC(=O)[C@@H]1CC(=O)N(C)Cc1nccn1C. The second-order valence-electron chi connectivity index (χ2n) is 7.00. The monoisotopic (exact) mass is 385 g/mol. The van der Waals surface area contributed by atoms with Crippen LogP contribution in [0.25, 0.3) is 0 Å². The van der Waals surface area contributed by atoms with Gasteiger partial charge in [0.1, 0.15) is 11.6 Å². The Balaban J connectivity index is 1.69. The largest absolute Gasteiger partial charge is 0.496 e. The number of carbonyl (C=O) groups is 2. The number of piperazine rings is 1. The zero-order valence-electron chi connectivity index (χ0n) is 16.6. The van der Waals surface area contributed by atoms with Crippen LogP contribution in [0.2, 0.25) is 0 Å². The second-order valence-corrected chi connectivity index (χ2v) is 7.00. The van der Waals surface area contributed by atoms with Gasteiger partial charge >= 0.3 is 0 Å². The van der Waals surface area contributed by atoms with E-state index in [0.29, 0.717) is 26.2 Å². The lowest BCUT2D eigenvalue weighted by atomic mass is 10.1. The van der Waals surface area contributed by atoms with Gasteiger partial charge in [0, 0.05) is 51.7 Å².